The number of carbonyl (C=O) groups is 2. The lowest BCUT2D eigenvalue weighted by Gasteiger charge is -2.48. The van der Waals surface area contributed by atoms with Crippen LogP contribution < -0.4 is 10.7 Å². The van der Waals surface area contributed by atoms with Crippen molar-refractivity contribution in [1.82, 2.24) is 14.8 Å². The van der Waals surface area contributed by atoms with E-state index in [1.165, 1.54) is 10.8 Å². The molecule has 7 nitrogen and oxygen atoms in total. The molecule has 35 heavy (non-hydrogen) atoms. The number of benzene rings is 1. The highest BCUT2D eigenvalue weighted by Gasteiger charge is 2.62. The van der Waals surface area contributed by atoms with Gasteiger partial charge in [0.05, 0.1) is 6.04 Å². The molecule has 0 spiro atoms. The fourth-order valence-electron chi connectivity index (χ4n) is 6.44. The molecule has 1 aromatic carbocycles. The smallest absolute Gasteiger partial charge is 0.275 e. The van der Waals surface area contributed by atoms with Gasteiger partial charge in [-0.3, -0.25) is 14.4 Å². The highest BCUT2D eigenvalue weighted by molar-refractivity contribution is 5.99. The number of carbonyl (C=O) groups excluding carboxylic acids is 2. The lowest BCUT2D eigenvalue weighted by Crippen LogP contribution is -2.59. The fraction of sp³-hybridized carbons (Fsp3) is 0.480. The summed E-state index contributed by atoms with van der Waals surface area (Å²) in [6.45, 7) is 5.98. The van der Waals surface area contributed by atoms with Crippen molar-refractivity contribution < 1.29 is 27.9 Å². The minimum atomic E-state index is -1.18. The largest absolute Gasteiger partial charge is 0.503 e. The van der Waals surface area contributed by atoms with Crippen molar-refractivity contribution in [3.63, 3.8) is 0 Å². The Morgan fingerprint density at radius 1 is 1.11 bits per heavy atom. The third-order valence-corrected chi connectivity index (χ3v) is 8.16. The van der Waals surface area contributed by atoms with E-state index in [0.29, 0.717) is 36.4 Å². The van der Waals surface area contributed by atoms with Crippen LogP contribution in [0.4, 0.5) is 13.2 Å². The van der Waals surface area contributed by atoms with Crippen LogP contribution in [0.1, 0.15) is 53.6 Å². The number of pyridine rings is 1. The highest BCUT2D eigenvalue weighted by atomic mass is 19.1. The molecule has 5 rings (SSSR count). The summed E-state index contributed by atoms with van der Waals surface area (Å²) in [7, 11) is 0. The number of nitrogens with zero attached hydrogens (tertiary/aromatic N) is 2. The van der Waals surface area contributed by atoms with E-state index in [1.54, 1.807) is 0 Å². The second-order valence-corrected chi connectivity index (χ2v) is 9.88. The molecule has 6 atom stereocenters. The Morgan fingerprint density at radius 2 is 1.77 bits per heavy atom. The third-order valence-electron chi connectivity index (χ3n) is 8.16. The molecule has 3 heterocycles. The van der Waals surface area contributed by atoms with Crippen LogP contribution in [-0.2, 0) is 13.1 Å². The Hall–Kier alpha value is -3.30. The second-order valence-electron chi connectivity index (χ2n) is 9.88. The Labute approximate surface area is 199 Å². The van der Waals surface area contributed by atoms with E-state index >= 15 is 0 Å². The van der Waals surface area contributed by atoms with Crippen LogP contribution in [0, 0.1) is 41.1 Å². The Bertz CT molecular complexity index is 1290. The molecule has 10 heteroatoms. The molecule has 2 N–H and O–H groups in total. The molecule has 1 aliphatic carbocycles. The van der Waals surface area contributed by atoms with E-state index in [2.05, 4.69) is 19.2 Å². The van der Waals surface area contributed by atoms with Gasteiger partial charge in [0.15, 0.2) is 11.4 Å². The van der Waals surface area contributed by atoms with Crippen LogP contribution in [0.3, 0.4) is 0 Å². The molecule has 6 unspecified atom stereocenters. The van der Waals surface area contributed by atoms with Crippen molar-refractivity contribution in [2.45, 2.75) is 52.4 Å². The zero-order valence-electron chi connectivity index (χ0n) is 19.5. The first kappa shape index (κ1) is 23.4. The van der Waals surface area contributed by atoms with Crippen molar-refractivity contribution in [1.29, 1.82) is 0 Å². The van der Waals surface area contributed by atoms with Crippen molar-refractivity contribution in [3.05, 3.63) is 62.8 Å². The van der Waals surface area contributed by atoms with E-state index in [-0.39, 0.29) is 23.7 Å². The maximum absolute atomic E-state index is 13.9. The summed E-state index contributed by atoms with van der Waals surface area (Å²) in [5.74, 6) is -4.11. The Balaban J connectivity index is 1.46. The topological polar surface area (TPSA) is 91.6 Å². The normalized spacial score (nSPS) is 28.7. The van der Waals surface area contributed by atoms with Crippen LogP contribution in [0.5, 0.6) is 5.75 Å². The lowest BCUT2D eigenvalue weighted by atomic mass is 9.83. The van der Waals surface area contributed by atoms with Gasteiger partial charge in [0, 0.05) is 43.0 Å². The van der Waals surface area contributed by atoms with Crippen molar-refractivity contribution in [3.8, 4) is 5.75 Å². The lowest BCUT2D eigenvalue weighted by molar-refractivity contribution is 0.0108. The van der Waals surface area contributed by atoms with Gasteiger partial charge >= 0.3 is 0 Å². The molecule has 1 aromatic heterocycles. The molecule has 2 amide bonds. The van der Waals surface area contributed by atoms with Gasteiger partial charge in [-0.05, 0) is 30.1 Å². The molecule has 1 saturated carbocycles. The number of fused-ring (bicyclic) bond motifs is 3. The first-order valence-electron chi connectivity index (χ1n) is 11.8. The number of rotatable bonds is 4. The maximum Gasteiger partial charge on any atom is 0.275 e. The number of amides is 2. The number of aromatic nitrogens is 1. The highest BCUT2D eigenvalue weighted by Crippen LogP contribution is 2.60. The summed E-state index contributed by atoms with van der Waals surface area (Å²) in [6.07, 6.45) is 1.98. The minimum Gasteiger partial charge on any atom is -0.503 e. The standard InChI is InChI=1S/C25H26F3N3O4/c1-4-17-20-11(3)19(20)10(2)18-9-30-8-14(22(32)23(33)21(30)25(35)31(17)18)24(34)29-7-13-15(27)5-12(26)6-16(13)28/h5-6,8,10-11,17-20,33H,4,7,9H2,1-3H3,(H,29,34). The number of nitrogens with one attached hydrogen (secondary N) is 1. The molecular weight excluding hydrogens is 463 g/mol. The Kier molecular flexibility index (Phi) is 5.45. The van der Waals surface area contributed by atoms with Gasteiger partial charge in [-0.1, -0.05) is 20.8 Å². The predicted octanol–water partition coefficient (Wildman–Crippen LogP) is 3.04. The van der Waals surface area contributed by atoms with E-state index < -0.39 is 58.1 Å². The minimum absolute atomic E-state index is 0.0235. The van der Waals surface area contributed by atoms with Gasteiger partial charge in [0.25, 0.3) is 11.8 Å². The summed E-state index contributed by atoms with van der Waals surface area (Å²) < 4.78 is 42.4. The molecule has 2 fully saturated rings. The Morgan fingerprint density at radius 3 is 2.40 bits per heavy atom. The van der Waals surface area contributed by atoms with E-state index in [1.807, 2.05) is 11.8 Å². The number of hydrogen-bond acceptors (Lipinski definition) is 4. The summed E-state index contributed by atoms with van der Waals surface area (Å²) in [5.41, 5.74) is -2.22. The number of piperidine rings is 1. The summed E-state index contributed by atoms with van der Waals surface area (Å²) in [6, 6.07) is 0.852. The monoisotopic (exact) mass is 489 g/mol. The third kappa shape index (κ3) is 3.44. The van der Waals surface area contributed by atoms with E-state index in [4.69, 9.17) is 0 Å². The van der Waals surface area contributed by atoms with Crippen LogP contribution in [0.15, 0.2) is 23.1 Å². The zero-order chi connectivity index (χ0) is 25.3. The van der Waals surface area contributed by atoms with Crippen molar-refractivity contribution in [2.75, 3.05) is 0 Å². The van der Waals surface area contributed by atoms with Crippen LogP contribution >= 0.6 is 0 Å². The molecule has 0 bridgehead atoms. The number of aromatic hydroxyl groups is 1. The van der Waals surface area contributed by atoms with Crippen LogP contribution in [0.25, 0.3) is 0 Å². The van der Waals surface area contributed by atoms with Crippen LogP contribution in [0.2, 0.25) is 0 Å². The van der Waals surface area contributed by atoms with E-state index in [0.717, 1.165) is 6.42 Å². The summed E-state index contributed by atoms with van der Waals surface area (Å²) in [5, 5.41) is 12.9. The summed E-state index contributed by atoms with van der Waals surface area (Å²) >= 11 is 0. The van der Waals surface area contributed by atoms with Gasteiger partial charge in [-0.25, -0.2) is 13.2 Å². The molecule has 3 aliphatic rings. The van der Waals surface area contributed by atoms with Crippen molar-refractivity contribution >= 4 is 11.8 Å². The summed E-state index contributed by atoms with van der Waals surface area (Å²) in [4.78, 5) is 40.9. The molecule has 186 valence electrons. The van der Waals surface area contributed by atoms with Gasteiger partial charge < -0.3 is 19.9 Å². The van der Waals surface area contributed by atoms with Crippen LogP contribution in [-0.4, -0.2) is 38.5 Å². The molecule has 2 aliphatic heterocycles. The predicted molar refractivity (Wildman–Crippen MR) is 119 cm³/mol. The SMILES string of the molecule is CCC1C2C(C)C2C(C)C2Cn3cc(C(=O)NCc4c(F)cc(F)cc4F)c(=O)c(O)c3C(=O)N21. The second kappa shape index (κ2) is 8.13. The van der Waals surface area contributed by atoms with Crippen molar-refractivity contribution in [2.24, 2.45) is 23.7 Å². The van der Waals surface area contributed by atoms with Gasteiger partial charge in [-0.15, -0.1) is 0 Å². The first-order chi connectivity index (χ1) is 16.6. The fourth-order valence-corrected chi connectivity index (χ4v) is 6.44. The molecule has 1 saturated heterocycles. The average molecular weight is 489 g/mol. The number of halogens is 3. The molecule has 0 radical (unpaired) electrons. The maximum atomic E-state index is 13.9. The molecule has 2 aromatic rings. The molecular formula is C25H26F3N3O4. The number of hydrogen-bond donors (Lipinski definition) is 2. The first-order valence-corrected chi connectivity index (χ1v) is 11.8. The van der Waals surface area contributed by atoms with Gasteiger partial charge in [0.2, 0.25) is 5.43 Å². The van der Waals surface area contributed by atoms with E-state index in [9.17, 15) is 32.7 Å². The quantitative estimate of drug-likeness (QED) is 0.691. The zero-order valence-corrected chi connectivity index (χ0v) is 19.5. The van der Waals surface area contributed by atoms with Gasteiger partial charge in [-0.2, -0.15) is 0 Å². The average Bonchev–Trinajstić information content (AvgIpc) is 3.47. The van der Waals surface area contributed by atoms with Gasteiger partial charge in [0.1, 0.15) is 23.0 Å².